The Bertz CT molecular complexity index is 490. The van der Waals surface area contributed by atoms with Crippen LogP contribution < -0.4 is 4.74 Å². The fraction of sp³-hybridized carbons (Fsp3) is 0.647. The van der Waals surface area contributed by atoms with Crippen LogP contribution in [0.2, 0.25) is 0 Å². The Balaban J connectivity index is 2.30. The van der Waals surface area contributed by atoms with E-state index in [4.69, 9.17) is 4.74 Å². The van der Waals surface area contributed by atoms with Gasteiger partial charge in [-0.3, -0.25) is 0 Å². The number of benzene rings is 1. The molecule has 2 rings (SSSR count). The van der Waals surface area contributed by atoms with E-state index in [1.54, 1.807) is 13.8 Å². The summed E-state index contributed by atoms with van der Waals surface area (Å²) in [6.07, 6.45) is 2.69. The monoisotopic (exact) mass is 294 g/mol. The summed E-state index contributed by atoms with van der Waals surface area (Å²) in [7, 11) is 0. The largest absolute Gasteiger partial charge is 0.484 e. The molecule has 0 saturated carbocycles. The number of fused-ring (bicyclic) bond motifs is 1. The van der Waals surface area contributed by atoms with E-state index in [-0.39, 0.29) is 6.61 Å². The van der Waals surface area contributed by atoms with Gasteiger partial charge in [-0.2, -0.15) is 0 Å². The first-order chi connectivity index (χ1) is 9.90. The second-order valence-corrected chi connectivity index (χ2v) is 6.37. The van der Waals surface area contributed by atoms with Crippen LogP contribution in [0.3, 0.4) is 0 Å². The number of ether oxygens (including phenoxy) is 1. The minimum atomic E-state index is -1.15. The van der Waals surface area contributed by atoms with E-state index < -0.39 is 17.8 Å². The van der Waals surface area contributed by atoms with Gasteiger partial charge in [-0.25, -0.2) is 0 Å². The zero-order valence-corrected chi connectivity index (χ0v) is 13.1. The molecule has 0 unspecified atom stereocenters. The van der Waals surface area contributed by atoms with Gasteiger partial charge >= 0.3 is 0 Å². The van der Waals surface area contributed by atoms with Crippen molar-refractivity contribution in [1.82, 2.24) is 0 Å². The van der Waals surface area contributed by atoms with E-state index in [1.807, 2.05) is 12.1 Å². The molecule has 1 aromatic carbocycles. The second kappa shape index (κ2) is 6.34. The van der Waals surface area contributed by atoms with E-state index in [1.165, 1.54) is 0 Å². The highest BCUT2D eigenvalue weighted by Gasteiger charge is 2.43. The lowest BCUT2D eigenvalue weighted by Gasteiger charge is -2.27. The van der Waals surface area contributed by atoms with Crippen LogP contribution >= 0.6 is 0 Å². The zero-order valence-electron chi connectivity index (χ0n) is 13.1. The van der Waals surface area contributed by atoms with E-state index in [9.17, 15) is 15.3 Å². The van der Waals surface area contributed by atoms with Crippen molar-refractivity contribution in [3.63, 3.8) is 0 Å². The van der Waals surface area contributed by atoms with Crippen molar-refractivity contribution in [3.8, 4) is 5.75 Å². The molecule has 2 atom stereocenters. The summed E-state index contributed by atoms with van der Waals surface area (Å²) in [4.78, 5) is 0. The van der Waals surface area contributed by atoms with Crippen molar-refractivity contribution in [2.24, 2.45) is 0 Å². The summed E-state index contributed by atoms with van der Waals surface area (Å²) >= 11 is 0. The first-order valence-electron chi connectivity index (χ1n) is 7.72. The van der Waals surface area contributed by atoms with Crippen molar-refractivity contribution < 1.29 is 20.1 Å². The third-order valence-corrected chi connectivity index (χ3v) is 4.14. The first-order valence-corrected chi connectivity index (χ1v) is 7.72. The van der Waals surface area contributed by atoms with Crippen LogP contribution in [0.15, 0.2) is 12.1 Å². The predicted molar refractivity (Wildman–Crippen MR) is 81.3 cm³/mol. The Morgan fingerprint density at radius 2 is 1.95 bits per heavy atom. The molecule has 3 N–H and O–H groups in total. The second-order valence-electron chi connectivity index (χ2n) is 6.37. The van der Waals surface area contributed by atoms with Crippen molar-refractivity contribution in [2.75, 3.05) is 0 Å². The molecule has 21 heavy (non-hydrogen) atoms. The van der Waals surface area contributed by atoms with Crippen molar-refractivity contribution in [3.05, 3.63) is 28.8 Å². The highest BCUT2D eigenvalue weighted by atomic mass is 16.5. The molecular weight excluding hydrogens is 268 g/mol. The summed E-state index contributed by atoms with van der Waals surface area (Å²) < 4.78 is 5.79. The van der Waals surface area contributed by atoms with E-state index in [2.05, 4.69) is 6.92 Å². The number of aliphatic hydroxyl groups is 3. The Hall–Kier alpha value is -1.10. The molecule has 0 bridgehead atoms. The maximum absolute atomic E-state index is 10.3. The smallest absolute Gasteiger partial charge is 0.157 e. The molecule has 0 aromatic heterocycles. The summed E-state index contributed by atoms with van der Waals surface area (Å²) in [6.45, 7) is 5.28. The van der Waals surface area contributed by atoms with Crippen molar-refractivity contribution in [1.29, 1.82) is 0 Å². The molecule has 1 heterocycles. The Kier molecular flexibility index (Phi) is 4.91. The third-order valence-electron chi connectivity index (χ3n) is 4.14. The molecule has 1 aliphatic heterocycles. The third kappa shape index (κ3) is 3.23. The quantitative estimate of drug-likeness (QED) is 0.705. The molecule has 0 amide bonds. The molecule has 0 saturated heterocycles. The van der Waals surface area contributed by atoms with Crippen molar-refractivity contribution >= 4 is 0 Å². The lowest BCUT2D eigenvalue weighted by molar-refractivity contribution is -0.0766. The van der Waals surface area contributed by atoms with Crippen LogP contribution in [0.1, 0.15) is 62.8 Å². The minimum Gasteiger partial charge on any atom is -0.484 e. The summed E-state index contributed by atoms with van der Waals surface area (Å²) in [5, 5.41) is 30.1. The molecule has 0 fully saturated rings. The van der Waals surface area contributed by atoms with Gasteiger partial charge < -0.3 is 20.1 Å². The fourth-order valence-electron chi connectivity index (χ4n) is 2.92. The normalized spacial score (nSPS) is 21.2. The number of unbranched alkanes of at least 4 members (excludes halogenated alkanes) is 2. The Labute approximate surface area is 126 Å². The van der Waals surface area contributed by atoms with Gasteiger partial charge in [-0.1, -0.05) is 31.9 Å². The Morgan fingerprint density at radius 1 is 1.24 bits per heavy atom. The predicted octanol–water partition coefficient (Wildman–Crippen LogP) is 2.48. The molecule has 1 aliphatic rings. The SMILES string of the molecule is CCCCCc1ccc2c(c1CO)O[C@@H](C(C)(C)O)[C@@H]2O. The van der Waals surface area contributed by atoms with Gasteiger partial charge in [0.15, 0.2) is 6.10 Å². The summed E-state index contributed by atoms with van der Waals surface area (Å²) in [5.74, 6) is 0.547. The number of aliphatic hydroxyl groups excluding tert-OH is 2. The highest BCUT2D eigenvalue weighted by molar-refractivity contribution is 5.50. The van der Waals surface area contributed by atoms with Crippen LogP contribution in [0.4, 0.5) is 0 Å². The number of hydrogen-bond donors (Lipinski definition) is 3. The molecule has 4 heteroatoms. The summed E-state index contributed by atoms with van der Waals surface area (Å²) in [6, 6.07) is 3.81. The highest BCUT2D eigenvalue weighted by Crippen LogP contribution is 2.44. The zero-order chi connectivity index (χ0) is 15.6. The van der Waals surface area contributed by atoms with Crippen LogP contribution in [-0.4, -0.2) is 27.0 Å². The maximum atomic E-state index is 10.3. The molecule has 4 nitrogen and oxygen atoms in total. The summed E-state index contributed by atoms with van der Waals surface area (Å²) in [5.41, 5.74) is 1.32. The number of hydrogen-bond acceptors (Lipinski definition) is 4. The average Bonchev–Trinajstić information content (AvgIpc) is 2.76. The Morgan fingerprint density at radius 3 is 2.52 bits per heavy atom. The van der Waals surface area contributed by atoms with Gasteiger partial charge in [0.25, 0.3) is 0 Å². The van der Waals surface area contributed by atoms with Crippen LogP contribution in [0, 0.1) is 0 Å². The molecule has 118 valence electrons. The van der Waals surface area contributed by atoms with Gasteiger partial charge in [0, 0.05) is 11.1 Å². The molecule has 0 aliphatic carbocycles. The van der Waals surface area contributed by atoms with Gasteiger partial charge in [-0.15, -0.1) is 0 Å². The molecule has 0 radical (unpaired) electrons. The van der Waals surface area contributed by atoms with Crippen molar-refractivity contribution in [2.45, 2.75) is 70.9 Å². The lowest BCUT2D eigenvalue weighted by Crippen LogP contribution is -2.41. The number of rotatable bonds is 6. The van der Waals surface area contributed by atoms with Crippen LogP contribution in [0.25, 0.3) is 0 Å². The van der Waals surface area contributed by atoms with E-state index >= 15 is 0 Å². The maximum Gasteiger partial charge on any atom is 0.157 e. The van der Waals surface area contributed by atoms with E-state index in [0.717, 1.165) is 36.8 Å². The van der Waals surface area contributed by atoms with Crippen LogP contribution in [0.5, 0.6) is 5.75 Å². The van der Waals surface area contributed by atoms with Gasteiger partial charge in [0.05, 0.1) is 12.2 Å². The van der Waals surface area contributed by atoms with Gasteiger partial charge in [-0.05, 0) is 32.3 Å². The topological polar surface area (TPSA) is 69.9 Å². The van der Waals surface area contributed by atoms with E-state index in [0.29, 0.717) is 11.3 Å². The van der Waals surface area contributed by atoms with Gasteiger partial charge in [0.2, 0.25) is 0 Å². The minimum absolute atomic E-state index is 0.115. The lowest BCUT2D eigenvalue weighted by atomic mass is 9.92. The fourth-order valence-corrected chi connectivity index (χ4v) is 2.92. The van der Waals surface area contributed by atoms with Crippen LogP contribution in [-0.2, 0) is 13.0 Å². The van der Waals surface area contributed by atoms with Gasteiger partial charge in [0.1, 0.15) is 11.9 Å². The number of aryl methyl sites for hydroxylation is 1. The first kappa shape index (κ1) is 16.3. The molecule has 1 aromatic rings. The standard InChI is InChI=1S/C17H26O4/c1-4-5-6-7-11-8-9-12-14(19)16(17(2,3)20)21-15(12)13(11)10-18/h8-9,14,16,18-20H,4-7,10H2,1-3H3/t14-,16-/m1/s1. The average molecular weight is 294 g/mol. The molecule has 0 spiro atoms. The molecular formula is C17H26O4.